The fourth-order valence-corrected chi connectivity index (χ4v) is 4.66. The number of halogens is 2. The Hall–Kier alpha value is -2.32. The zero-order chi connectivity index (χ0) is 17.6. The van der Waals surface area contributed by atoms with Crippen molar-refractivity contribution >= 4 is 21.1 Å². The second-order valence-electron chi connectivity index (χ2n) is 5.93. The molecular formula is C17H15F2N3O2S. The monoisotopic (exact) mass is 363 g/mol. The van der Waals surface area contributed by atoms with Crippen molar-refractivity contribution in [3.8, 4) is 0 Å². The van der Waals surface area contributed by atoms with E-state index in [9.17, 15) is 17.2 Å². The number of aromatic nitrogens is 2. The fourth-order valence-electron chi connectivity index (χ4n) is 3.18. The van der Waals surface area contributed by atoms with Gasteiger partial charge in [0.15, 0.2) is 0 Å². The Morgan fingerprint density at radius 3 is 2.44 bits per heavy atom. The van der Waals surface area contributed by atoms with E-state index in [1.54, 1.807) is 0 Å². The topological polar surface area (TPSA) is 55.2 Å². The summed E-state index contributed by atoms with van der Waals surface area (Å²) >= 11 is 0. The normalized spacial score (nSPS) is 15.9. The van der Waals surface area contributed by atoms with Crippen LogP contribution in [0.25, 0.3) is 11.0 Å². The van der Waals surface area contributed by atoms with Crippen molar-refractivity contribution in [3.63, 3.8) is 0 Å². The predicted molar refractivity (Wildman–Crippen MR) is 88.6 cm³/mol. The van der Waals surface area contributed by atoms with Gasteiger partial charge < -0.3 is 4.57 Å². The highest BCUT2D eigenvalue weighted by Gasteiger charge is 2.28. The molecule has 1 aromatic heterocycles. The summed E-state index contributed by atoms with van der Waals surface area (Å²) in [4.78, 5) is 4.19. The van der Waals surface area contributed by atoms with Crippen LogP contribution in [0.4, 0.5) is 8.78 Å². The van der Waals surface area contributed by atoms with Crippen LogP contribution < -0.4 is 0 Å². The number of rotatable bonds is 2. The molecule has 0 saturated carbocycles. The number of nitrogens with zero attached hydrogens (tertiary/aromatic N) is 3. The maximum atomic E-state index is 13.4. The van der Waals surface area contributed by atoms with Gasteiger partial charge in [-0.15, -0.1) is 0 Å². The molecule has 0 N–H and O–H groups in total. The quantitative estimate of drug-likeness (QED) is 0.703. The van der Waals surface area contributed by atoms with E-state index in [4.69, 9.17) is 0 Å². The highest BCUT2D eigenvalue weighted by Crippen LogP contribution is 2.23. The van der Waals surface area contributed by atoms with Crippen molar-refractivity contribution in [3.05, 3.63) is 59.9 Å². The lowest BCUT2D eigenvalue weighted by molar-refractivity contribution is 0.415. The van der Waals surface area contributed by atoms with Crippen molar-refractivity contribution in [1.29, 1.82) is 0 Å². The molecule has 0 saturated heterocycles. The lowest BCUT2D eigenvalue weighted by Crippen LogP contribution is -2.33. The molecule has 0 aliphatic carbocycles. The molecule has 0 radical (unpaired) electrons. The van der Waals surface area contributed by atoms with Gasteiger partial charge in [0.1, 0.15) is 17.5 Å². The van der Waals surface area contributed by atoms with E-state index in [0.29, 0.717) is 19.0 Å². The van der Waals surface area contributed by atoms with Crippen LogP contribution >= 0.6 is 0 Å². The van der Waals surface area contributed by atoms with Gasteiger partial charge in [0, 0.05) is 32.1 Å². The summed E-state index contributed by atoms with van der Waals surface area (Å²) in [7, 11) is -3.97. The maximum Gasteiger partial charge on any atom is 0.243 e. The van der Waals surface area contributed by atoms with Crippen LogP contribution in [-0.4, -0.2) is 35.4 Å². The van der Waals surface area contributed by atoms with Crippen molar-refractivity contribution in [2.75, 3.05) is 13.1 Å². The van der Waals surface area contributed by atoms with E-state index in [1.807, 2.05) is 28.8 Å². The molecule has 1 aliphatic heterocycles. The lowest BCUT2D eigenvalue weighted by Gasteiger charge is -2.19. The van der Waals surface area contributed by atoms with E-state index in [0.717, 1.165) is 29.0 Å². The van der Waals surface area contributed by atoms with Crippen LogP contribution in [0.3, 0.4) is 0 Å². The third kappa shape index (κ3) is 2.81. The molecule has 1 aliphatic rings. The Labute approximate surface area is 143 Å². The third-order valence-electron chi connectivity index (χ3n) is 4.37. The minimum Gasteiger partial charge on any atom is -0.327 e. The Morgan fingerprint density at radius 1 is 0.960 bits per heavy atom. The number of hydrogen-bond acceptors (Lipinski definition) is 3. The predicted octanol–water partition coefficient (Wildman–Crippen LogP) is 2.56. The van der Waals surface area contributed by atoms with Crippen LogP contribution in [-0.2, 0) is 23.0 Å². The summed E-state index contributed by atoms with van der Waals surface area (Å²) < 4.78 is 55.6. The van der Waals surface area contributed by atoms with Crippen LogP contribution in [0.1, 0.15) is 5.82 Å². The summed E-state index contributed by atoms with van der Waals surface area (Å²) in [5.41, 5.74) is 1.83. The summed E-state index contributed by atoms with van der Waals surface area (Å²) in [6.45, 7) is 0.866. The highest BCUT2D eigenvalue weighted by atomic mass is 32.2. The Bertz CT molecular complexity index is 1040. The average molecular weight is 363 g/mol. The van der Waals surface area contributed by atoms with Gasteiger partial charge in [-0.2, -0.15) is 4.31 Å². The van der Waals surface area contributed by atoms with Crippen molar-refractivity contribution in [1.82, 2.24) is 13.9 Å². The summed E-state index contributed by atoms with van der Waals surface area (Å²) in [5.74, 6) is -1.01. The van der Waals surface area contributed by atoms with Crippen LogP contribution in [0.15, 0.2) is 47.4 Å². The minimum atomic E-state index is -3.97. The first kappa shape index (κ1) is 16.2. The van der Waals surface area contributed by atoms with E-state index in [2.05, 4.69) is 4.98 Å². The van der Waals surface area contributed by atoms with Crippen LogP contribution in [0, 0.1) is 11.6 Å². The van der Waals surface area contributed by atoms with Gasteiger partial charge in [0.05, 0.1) is 15.9 Å². The second kappa shape index (κ2) is 5.89. The molecule has 4 rings (SSSR count). The summed E-state index contributed by atoms with van der Waals surface area (Å²) in [6, 6.07) is 10.0. The van der Waals surface area contributed by atoms with Crippen LogP contribution in [0.5, 0.6) is 0 Å². The number of fused-ring (bicyclic) bond motifs is 3. The van der Waals surface area contributed by atoms with Gasteiger partial charge >= 0.3 is 0 Å². The fraction of sp³-hybridized carbons (Fsp3) is 0.235. The standard InChI is InChI=1S/C17H15F2N3O2S/c18-12-9-13(19)11-14(10-12)25(23,24)21-6-5-17-20-15-3-1-2-4-16(15)22(17)8-7-21/h1-4,9-11H,5-8H2. The van der Waals surface area contributed by atoms with Gasteiger partial charge in [-0.1, -0.05) is 12.1 Å². The van der Waals surface area contributed by atoms with Gasteiger partial charge in [-0.3, -0.25) is 0 Å². The number of para-hydroxylation sites is 2. The Morgan fingerprint density at radius 2 is 1.68 bits per heavy atom. The first-order valence-corrected chi connectivity index (χ1v) is 9.29. The largest absolute Gasteiger partial charge is 0.327 e. The van der Waals surface area contributed by atoms with Crippen molar-refractivity contribution in [2.24, 2.45) is 0 Å². The van der Waals surface area contributed by atoms with Crippen molar-refractivity contribution in [2.45, 2.75) is 17.9 Å². The number of benzene rings is 2. The molecule has 25 heavy (non-hydrogen) atoms. The van der Waals surface area contributed by atoms with Gasteiger partial charge in [0.2, 0.25) is 10.0 Å². The van der Waals surface area contributed by atoms with E-state index >= 15 is 0 Å². The van der Waals surface area contributed by atoms with Crippen LogP contribution in [0.2, 0.25) is 0 Å². The molecule has 130 valence electrons. The van der Waals surface area contributed by atoms with Gasteiger partial charge in [-0.25, -0.2) is 22.2 Å². The zero-order valence-electron chi connectivity index (χ0n) is 13.2. The molecule has 2 heterocycles. The first-order chi connectivity index (χ1) is 11.9. The van der Waals surface area contributed by atoms with Crippen molar-refractivity contribution < 1.29 is 17.2 Å². The van der Waals surface area contributed by atoms with E-state index in [-0.39, 0.29) is 18.0 Å². The third-order valence-corrected chi connectivity index (χ3v) is 6.24. The molecule has 0 bridgehead atoms. The molecule has 3 aromatic rings. The summed E-state index contributed by atoms with van der Waals surface area (Å²) in [5, 5.41) is 0. The molecule has 0 fully saturated rings. The Kier molecular flexibility index (Phi) is 3.81. The van der Waals surface area contributed by atoms with Gasteiger partial charge in [-0.05, 0) is 24.3 Å². The maximum absolute atomic E-state index is 13.4. The number of imidazole rings is 1. The molecule has 0 spiro atoms. The smallest absolute Gasteiger partial charge is 0.243 e. The molecule has 0 amide bonds. The number of sulfonamides is 1. The zero-order valence-corrected chi connectivity index (χ0v) is 14.0. The van der Waals surface area contributed by atoms with Gasteiger partial charge in [0.25, 0.3) is 0 Å². The SMILES string of the molecule is O=S(=O)(c1cc(F)cc(F)c1)N1CCc2nc3ccccc3n2CC1. The lowest BCUT2D eigenvalue weighted by atomic mass is 10.3. The highest BCUT2D eigenvalue weighted by molar-refractivity contribution is 7.89. The molecular weight excluding hydrogens is 348 g/mol. The number of hydrogen-bond donors (Lipinski definition) is 0. The average Bonchev–Trinajstić information content (AvgIpc) is 2.77. The molecule has 8 heteroatoms. The minimum absolute atomic E-state index is 0.212. The van der Waals surface area contributed by atoms with E-state index < -0.39 is 21.7 Å². The summed E-state index contributed by atoms with van der Waals surface area (Å²) in [6.07, 6.45) is 0.436. The van der Waals surface area contributed by atoms with E-state index in [1.165, 1.54) is 4.31 Å². The molecule has 0 unspecified atom stereocenters. The molecule has 2 aromatic carbocycles. The second-order valence-corrected chi connectivity index (χ2v) is 7.87. The molecule has 5 nitrogen and oxygen atoms in total. The first-order valence-electron chi connectivity index (χ1n) is 7.85. The Balaban J connectivity index is 1.67. The molecule has 0 atom stereocenters.